The highest BCUT2D eigenvalue weighted by atomic mass is 19.2. The van der Waals surface area contributed by atoms with Gasteiger partial charge in [-0.15, -0.1) is 0 Å². The van der Waals surface area contributed by atoms with Crippen LogP contribution >= 0.6 is 0 Å². The topological polar surface area (TPSA) is 111 Å². The number of benzene rings is 3. The van der Waals surface area contributed by atoms with Crippen LogP contribution in [0.4, 0.5) is 8.78 Å². The van der Waals surface area contributed by atoms with Crippen molar-refractivity contribution in [1.82, 2.24) is 9.88 Å². The number of aromatic amines is 1. The number of rotatable bonds is 4. The molecule has 37 heavy (non-hydrogen) atoms. The first-order valence-corrected chi connectivity index (χ1v) is 11.5. The first-order chi connectivity index (χ1) is 17.6. The van der Waals surface area contributed by atoms with Crippen molar-refractivity contribution in [2.24, 2.45) is 0 Å². The van der Waals surface area contributed by atoms with Gasteiger partial charge in [-0.25, -0.2) is 18.4 Å². The first kappa shape index (κ1) is 24.2. The third kappa shape index (κ3) is 3.92. The SMILES string of the molecule is Cc1ccc(C(=O)N2C(C(=O)O)Cc3c([nH]c4ccc(C)cc34)C2c2cccc(F)c2F)c(C(=O)O)c1. The average molecular weight is 504 g/mol. The van der Waals surface area contributed by atoms with Gasteiger partial charge in [0.2, 0.25) is 0 Å². The molecule has 2 atom stereocenters. The number of nitrogens with zero attached hydrogens (tertiary/aromatic N) is 1. The predicted molar refractivity (Wildman–Crippen MR) is 131 cm³/mol. The zero-order valence-electron chi connectivity index (χ0n) is 19.9. The van der Waals surface area contributed by atoms with E-state index in [4.69, 9.17) is 0 Å². The Labute approximate surface area is 210 Å². The summed E-state index contributed by atoms with van der Waals surface area (Å²) in [6, 6.07) is 10.3. The molecular formula is C28H22F2N2O5. The molecule has 5 rings (SSSR count). The molecule has 1 aliphatic heterocycles. The molecule has 0 aliphatic carbocycles. The summed E-state index contributed by atoms with van der Waals surface area (Å²) < 4.78 is 29.7. The number of carboxylic acids is 2. The number of aromatic nitrogens is 1. The van der Waals surface area contributed by atoms with Gasteiger partial charge in [-0.2, -0.15) is 0 Å². The highest BCUT2D eigenvalue weighted by Crippen LogP contribution is 2.43. The zero-order valence-corrected chi connectivity index (χ0v) is 19.9. The minimum absolute atomic E-state index is 0.110. The largest absolute Gasteiger partial charge is 0.480 e. The van der Waals surface area contributed by atoms with E-state index in [0.717, 1.165) is 21.9 Å². The number of amides is 1. The van der Waals surface area contributed by atoms with Gasteiger partial charge in [0.1, 0.15) is 12.1 Å². The summed E-state index contributed by atoms with van der Waals surface area (Å²) >= 11 is 0. The smallest absolute Gasteiger partial charge is 0.336 e. The molecule has 188 valence electrons. The summed E-state index contributed by atoms with van der Waals surface area (Å²) in [5.74, 6) is -6.02. The summed E-state index contributed by atoms with van der Waals surface area (Å²) in [7, 11) is 0. The van der Waals surface area contributed by atoms with Gasteiger partial charge >= 0.3 is 11.9 Å². The van der Waals surface area contributed by atoms with Gasteiger partial charge in [0.15, 0.2) is 11.6 Å². The van der Waals surface area contributed by atoms with E-state index in [2.05, 4.69) is 4.98 Å². The molecule has 2 heterocycles. The summed E-state index contributed by atoms with van der Waals surface area (Å²) in [5, 5.41) is 20.7. The lowest BCUT2D eigenvalue weighted by atomic mass is 9.86. The number of H-pyrrole nitrogens is 1. The number of aromatic carboxylic acids is 1. The minimum atomic E-state index is -1.48. The van der Waals surface area contributed by atoms with Gasteiger partial charge in [0.25, 0.3) is 5.91 Å². The van der Waals surface area contributed by atoms with Gasteiger partial charge in [0.05, 0.1) is 11.1 Å². The second-order valence-corrected chi connectivity index (χ2v) is 9.24. The van der Waals surface area contributed by atoms with Crippen LogP contribution in [0, 0.1) is 25.5 Å². The highest BCUT2D eigenvalue weighted by Gasteiger charge is 2.45. The fourth-order valence-corrected chi connectivity index (χ4v) is 5.11. The number of hydrogen-bond acceptors (Lipinski definition) is 3. The molecule has 1 amide bonds. The number of aliphatic carboxylic acids is 1. The monoisotopic (exact) mass is 504 g/mol. The molecule has 0 fully saturated rings. The maximum Gasteiger partial charge on any atom is 0.336 e. The second kappa shape index (κ2) is 8.85. The number of halogens is 2. The lowest BCUT2D eigenvalue weighted by Gasteiger charge is -2.40. The molecule has 2 unspecified atom stereocenters. The van der Waals surface area contributed by atoms with E-state index in [-0.39, 0.29) is 23.1 Å². The molecule has 3 aromatic carbocycles. The molecule has 1 aromatic heterocycles. The van der Waals surface area contributed by atoms with Crippen molar-refractivity contribution in [1.29, 1.82) is 0 Å². The number of carbonyl (C=O) groups excluding carboxylic acids is 1. The summed E-state index contributed by atoms with van der Waals surface area (Å²) in [6.07, 6.45) is -0.110. The van der Waals surface area contributed by atoms with E-state index in [1.54, 1.807) is 13.0 Å². The Morgan fingerprint density at radius 2 is 1.65 bits per heavy atom. The number of hydrogen-bond donors (Lipinski definition) is 3. The minimum Gasteiger partial charge on any atom is -0.480 e. The zero-order chi connectivity index (χ0) is 26.6. The summed E-state index contributed by atoms with van der Waals surface area (Å²) in [6.45, 7) is 3.53. The van der Waals surface area contributed by atoms with Crippen LogP contribution in [0.3, 0.4) is 0 Å². The van der Waals surface area contributed by atoms with E-state index in [9.17, 15) is 29.0 Å². The van der Waals surface area contributed by atoms with Crippen LogP contribution in [0.5, 0.6) is 0 Å². The Balaban J connectivity index is 1.82. The number of aryl methyl sites for hydroxylation is 2. The number of fused-ring (bicyclic) bond motifs is 3. The van der Waals surface area contributed by atoms with E-state index >= 15 is 4.39 Å². The van der Waals surface area contributed by atoms with Crippen LogP contribution in [0.1, 0.15) is 54.7 Å². The lowest BCUT2D eigenvalue weighted by molar-refractivity contribution is -0.143. The van der Waals surface area contributed by atoms with Crippen molar-refractivity contribution >= 4 is 28.7 Å². The fraction of sp³-hybridized carbons (Fsp3) is 0.179. The van der Waals surface area contributed by atoms with Crippen molar-refractivity contribution in [3.05, 3.63) is 105 Å². The van der Waals surface area contributed by atoms with Crippen molar-refractivity contribution < 1.29 is 33.4 Å². The summed E-state index contributed by atoms with van der Waals surface area (Å²) in [5.41, 5.74) is 2.27. The molecule has 4 aromatic rings. The van der Waals surface area contributed by atoms with E-state index in [0.29, 0.717) is 22.3 Å². The Morgan fingerprint density at radius 3 is 2.35 bits per heavy atom. The molecule has 0 saturated carbocycles. The quantitative estimate of drug-likeness (QED) is 0.362. The normalized spacial score (nSPS) is 17.0. The number of nitrogens with one attached hydrogen (secondary N) is 1. The van der Waals surface area contributed by atoms with Gasteiger partial charge in [-0.1, -0.05) is 35.4 Å². The third-order valence-electron chi connectivity index (χ3n) is 6.81. The van der Waals surface area contributed by atoms with Crippen LogP contribution in [0.25, 0.3) is 10.9 Å². The fourth-order valence-electron chi connectivity index (χ4n) is 5.11. The van der Waals surface area contributed by atoms with E-state index < -0.39 is 41.6 Å². The van der Waals surface area contributed by atoms with E-state index in [1.165, 1.54) is 30.3 Å². The van der Waals surface area contributed by atoms with Crippen LogP contribution in [0.2, 0.25) is 0 Å². The summed E-state index contributed by atoms with van der Waals surface area (Å²) in [4.78, 5) is 42.6. The van der Waals surface area contributed by atoms with Gasteiger partial charge in [0, 0.05) is 28.6 Å². The van der Waals surface area contributed by atoms with Gasteiger partial charge in [-0.3, -0.25) is 4.79 Å². The Hall–Kier alpha value is -4.53. The molecule has 9 heteroatoms. The molecule has 0 saturated heterocycles. The molecule has 0 spiro atoms. The molecular weight excluding hydrogens is 482 g/mol. The maximum atomic E-state index is 15.3. The van der Waals surface area contributed by atoms with Gasteiger partial charge in [-0.05, 0) is 49.7 Å². The molecule has 7 nitrogen and oxygen atoms in total. The molecule has 3 N–H and O–H groups in total. The van der Waals surface area contributed by atoms with Crippen LogP contribution in [-0.4, -0.2) is 44.0 Å². The van der Waals surface area contributed by atoms with Crippen LogP contribution in [0.15, 0.2) is 54.6 Å². The average Bonchev–Trinajstić information content (AvgIpc) is 3.21. The Bertz CT molecular complexity index is 1610. The Morgan fingerprint density at radius 1 is 0.946 bits per heavy atom. The van der Waals surface area contributed by atoms with Crippen molar-refractivity contribution in [2.45, 2.75) is 32.4 Å². The second-order valence-electron chi connectivity index (χ2n) is 9.24. The van der Waals surface area contributed by atoms with E-state index in [1.807, 2.05) is 19.1 Å². The lowest BCUT2D eigenvalue weighted by Crippen LogP contribution is -2.52. The molecule has 0 radical (unpaired) electrons. The first-order valence-electron chi connectivity index (χ1n) is 11.5. The van der Waals surface area contributed by atoms with Crippen LogP contribution < -0.4 is 0 Å². The Kier molecular flexibility index (Phi) is 5.78. The standard InChI is InChI=1S/C28H22F2N2O5/c1-13-6-8-15(19(11-13)27(34)35)26(33)32-22(28(36)37)12-18-17-10-14(2)7-9-21(17)31-24(18)25(32)16-4-3-5-20(29)23(16)30/h3-11,22,25,31H,12H2,1-2H3,(H,34,35)(H,36,37). The molecule has 1 aliphatic rings. The molecule has 0 bridgehead atoms. The van der Waals surface area contributed by atoms with Crippen molar-refractivity contribution in [3.63, 3.8) is 0 Å². The van der Waals surface area contributed by atoms with Crippen molar-refractivity contribution in [3.8, 4) is 0 Å². The number of carbonyl (C=O) groups is 3. The van der Waals surface area contributed by atoms with Crippen LogP contribution in [-0.2, 0) is 11.2 Å². The highest BCUT2D eigenvalue weighted by molar-refractivity contribution is 6.06. The van der Waals surface area contributed by atoms with Crippen molar-refractivity contribution in [2.75, 3.05) is 0 Å². The van der Waals surface area contributed by atoms with Gasteiger partial charge < -0.3 is 20.1 Å². The predicted octanol–water partition coefficient (Wildman–Crippen LogP) is 5.00. The number of carboxylic acid groups (broad SMARTS) is 2. The maximum absolute atomic E-state index is 15.3. The third-order valence-corrected chi connectivity index (χ3v) is 6.81.